The Labute approximate surface area is 128 Å². The lowest BCUT2D eigenvalue weighted by Gasteiger charge is -2.14. The first-order chi connectivity index (χ1) is 10.0. The van der Waals surface area contributed by atoms with Crippen molar-refractivity contribution in [1.82, 2.24) is 4.57 Å². The molecule has 0 amide bonds. The van der Waals surface area contributed by atoms with Crippen LogP contribution in [-0.4, -0.2) is 9.67 Å². The van der Waals surface area contributed by atoms with Gasteiger partial charge in [-0.15, -0.1) is 0 Å². The van der Waals surface area contributed by atoms with Crippen molar-refractivity contribution in [1.29, 1.82) is 0 Å². The molecule has 5 heteroatoms. The highest BCUT2D eigenvalue weighted by atomic mass is 79.9. The molecule has 3 aromatic rings. The van der Waals surface area contributed by atoms with E-state index in [0.29, 0.717) is 16.8 Å². The van der Waals surface area contributed by atoms with Crippen LogP contribution in [0.25, 0.3) is 22.2 Å². The minimum atomic E-state index is -0.695. The van der Waals surface area contributed by atoms with Gasteiger partial charge < -0.3 is 9.67 Å². The molecule has 106 valence electrons. The second-order valence-corrected chi connectivity index (χ2v) is 5.64. The average molecular weight is 348 g/mol. The maximum Gasteiger partial charge on any atom is 0.234 e. The van der Waals surface area contributed by atoms with Crippen LogP contribution in [0, 0.1) is 5.82 Å². The van der Waals surface area contributed by atoms with Crippen LogP contribution in [-0.2, 0) is 7.05 Å². The van der Waals surface area contributed by atoms with E-state index in [4.69, 9.17) is 0 Å². The van der Waals surface area contributed by atoms with Crippen LogP contribution in [0.3, 0.4) is 0 Å². The molecular formula is C16H11BrFNO2. The largest absolute Gasteiger partial charge is 0.503 e. The number of aromatic hydroxyl groups is 1. The lowest BCUT2D eigenvalue weighted by Crippen LogP contribution is -2.11. The smallest absolute Gasteiger partial charge is 0.234 e. The third-order valence-corrected chi connectivity index (χ3v) is 4.00. The summed E-state index contributed by atoms with van der Waals surface area (Å²) in [5.41, 5.74) is 0.793. The lowest BCUT2D eigenvalue weighted by atomic mass is 10.1. The van der Waals surface area contributed by atoms with Crippen molar-refractivity contribution >= 4 is 26.8 Å². The maximum atomic E-state index is 13.9. The number of nitrogens with zero attached hydrogens (tertiary/aromatic N) is 1. The average Bonchev–Trinajstić information content (AvgIpc) is 2.47. The standard InChI is InChI=1S/C16H11BrFNO2/c1-19-12-4-2-3-11(18)13(12)15(20)16(21)14(19)9-5-7-10(17)8-6-9/h2-8,21H,1H3. The summed E-state index contributed by atoms with van der Waals surface area (Å²) in [5.74, 6) is -1.08. The van der Waals surface area contributed by atoms with Gasteiger partial charge in [-0.3, -0.25) is 4.79 Å². The number of aryl methyl sites for hydroxylation is 1. The molecule has 21 heavy (non-hydrogen) atoms. The van der Waals surface area contributed by atoms with E-state index in [1.807, 2.05) is 12.1 Å². The predicted octanol–water partition coefficient (Wildman–Crippen LogP) is 3.81. The van der Waals surface area contributed by atoms with E-state index in [-0.39, 0.29) is 5.39 Å². The van der Waals surface area contributed by atoms with Gasteiger partial charge >= 0.3 is 0 Å². The van der Waals surface area contributed by atoms with E-state index in [1.165, 1.54) is 6.07 Å². The van der Waals surface area contributed by atoms with Gasteiger partial charge in [0.2, 0.25) is 5.43 Å². The highest BCUT2D eigenvalue weighted by Gasteiger charge is 2.18. The fourth-order valence-corrected chi connectivity index (χ4v) is 2.72. The molecule has 0 saturated heterocycles. The summed E-state index contributed by atoms with van der Waals surface area (Å²) >= 11 is 3.34. The number of rotatable bonds is 1. The van der Waals surface area contributed by atoms with Crippen LogP contribution >= 0.6 is 15.9 Å². The molecule has 1 aromatic heterocycles. The van der Waals surface area contributed by atoms with Crippen molar-refractivity contribution < 1.29 is 9.50 Å². The minimum Gasteiger partial charge on any atom is -0.503 e. The summed E-state index contributed by atoms with van der Waals surface area (Å²) in [6.45, 7) is 0. The number of hydrogen-bond acceptors (Lipinski definition) is 2. The normalized spacial score (nSPS) is 11.0. The van der Waals surface area contributed by atoms with Gasteiger partial charge in [-0.05, 0) is 24.3 Å². The zero-order valence-corrected chi connectivity index (χ0v) is 12.7. The van der Waals surface area contributed by atoms with E-state index in [1.54, 1.807) is 35.9 Å². The monoisotopic (exact) mass is 347 g/mol. The van der Waals surface area contributed by atoms with E-state index < -0.39 is 17.0 Å². The van der Waals surface area contributed by atoms with Crippen molar-refractivity contribution in [3.05, 3.63) is 63.0 Å². The van der Waals surface area contributed by atoms with Crippen LogP contribution in [0.2, 0.25) is 0 Å². The van der Waals surface area contributed by atoms with Crippen LogP contribution in [0.1, 0.15) is 0 Å². The van der Waals surface area contributed by atoms with Gasteiger partial charge in [0.1, 0.15) is 5.82 Å². The molecular weight excluding hydrogens is 337 g/mol. The Kier molecular flexibility index (Phi) is 3.29. The Morgan fingerprint density at radius 2 is 1.81 bits per heavy atom. The highest BCUT2D eigenvalue weighted by molar-refractivity contribution is 9.10. The van der Waals surface area contributed by atoms with Gasteiger partial charge in [-0.25, -0.2) is 4.39 Å². The summed E-state index contributed by atoms with van der Waals surface area (Å²) in [6.07, 6.45) is 0. The molecule has 0 fully saturated rings. The SMILES string of the molecule is Cn1c(-c2ccc(Br)cc2)c(O)c(=O)c2c(F)cccc21. The number of aromatic nitrogens is 1. The van der Waals surface area contributed by atoms with Crippen molar-refractivity contribution in [3.8, 4) is 17.0 Å². The molecule has 0 saturated carbocycles. The van der Waals surface area contributed by atoms with E-state index in [2.05, 4.69) is 15.9 Å². The number of benzene rings is 2. The van der Waals surface area contributed by atoms with Gasteiger partial charge in [0.15, 0.2) is 5.75 Å². The number of fused-ring (bicyclic) bond motifs is 1. The third-order valence-electron chi connectivity index (χ3n) is 3.47. The summed E-state index contributed by atoms with van der Waals surface area (Å²) in [7, 11) is 1.69. The summed E-state index contributed by atoms with van der Waals surface area (Å²) in [5, 5.41) is 10.1. The number of hydrogen-bond donors (Lipinski definition) is 1. The van der Waals surface area contributed by atoms with Crippen molar-refractivity contribution in [3.63, 3.8) is 0 Å². The predicted molar refractivity (Wildman–Crippen MR) is 83.9 cm³/mol. The molecule has 0 aliphatic carbocycles. The van der Waals surface area contributed by atoms with Gasteiger partial charge in [-0.1, -0.05) is 34.1 Å². The maximum absolute atomic E-state index is 13.9. The van der Waals surface area contributed by atoms with Crippen molar-refractivity contribution in [2.45, 2.75) is 0 Å². The molecule has 2 aromatic carbocycles. The molecule has 3 nitrogen and oxygen atoms in total. The first-order valence-electron chi connectivity index (χ1n) is 6.27. The van der Waals surface area contributed by atoms with Crippen LogP contribution < -0.4 is 5.43 Å². The fourth-order valence-electron chi connectivity index (χ4n) is 2.46. The van der Waals surface area contributed by atoms with E-state index >= 15 is 0 Å². The summed E-state index contributed by atoms with van der Waals surface area (Å²) in [4.78, 5) is 12.2. The molecule has 0 radical (unpaired) electrons. The molecule has 1 heterocycles. The zero-order valence-electron chi connectivity index (χ0n) is 11.1. The first kappa shape index (κ1) is 13.8. The van der Waals surface area contributed by atoms with Gasteiger partial charge in [-0.2, -0.15) is 0 Å². The van der Waals surface area contributed by atoms with Crippen LogP contribution in [0.4, 0.5) is 4.39 Å². The molecule has 0 unspecified atom stereocenters. The Morgan fingerprint density at radius 3 is 2.48 bits per heavy atom. The Hall–Kier alpha value is -2.14. The summed E-state index contributed by atoms with van der Waals surface area (Å²) in [6, 6.07) is 11.6. The lowest BCUT2D eigenvalue weighted by molar-refractivity contribution is 0.468. The highest BCUT2D eigenvalue weighted by Crippen LogP contribution is 2.30. The van der Waals surface area contributed by atoms with Gasteiger partial charge in [0, 0.05) is 17.1 Å². The molecule has 0 aliphatic heterocycles. The Balaban J connectivity index is 2.45. The molecule has 0 bridgehead atoms. The summed E-state index contributed by atoms with van der Waals surface area (Å²) < 4.78 is 16.4. The second-order valence-electron chi connectivity index (χ2n) is 4.73. The van der Waals surface area contributed by atoms with E-state index in [0.717, 1.165) is 4.47 Å². The van der Waals surface area contributed by atoms with E-state index in [9.17, 15) is 14.3 Å². The van der Waals surface area contributed by atoms with Crippen LogP contribution in [0.5, 0.6) is 5.75 Å². The molecule has 0 spiro atoms. The second kappa shape index (κ2) is 5.00. The first-order valence-corrected chi connectivity index (χ1v) is 7.06. The molecule has 0 atom stereocenters. The topological polar surface area (TPSA) is 42.2 Å². The van der Waals surface area contributed by atoms with Crippen molar-refractivity contribution in [2.75, 3.05) is 0 Å². The number of halogens is 2. The number of pyridine rings is 1. The molecule has 0 aliphatic rings. The zero-order chi connectivity index (χ0) is 15.1. The Bertz CT molecular complexity index is 901. The quantitative estimate of drug-likeness (QED) is 0.727. The Morgan fingerprint density at radius 1 is 1.14 bits per heavy atom. The fraction of sp³-hybridized carbons (Fsp3) is 0.0625. The molecule has 1 N–H and O–H groups in total. The molecule has 3 rings (SSSR count). The van der Waals surface area contributed by atoms with Gasteiger partial charge in [0.05, 0.1) is 16.6 Å². The van der Waals surface area contributed by atoms with Gasteiger partial charge in [0.25, 0.3) is 0 Å². The third kappa shape index (κ3) is 2.14. The minimum absolute atomic E-state index is 0.0987. The van der Waals surface area contributed by atoms with Crippen LogP contribution in [0.15, 0.2) is 51.7 Å². The van der Waals surface area contributed by atoms with Crippen molar-refractivity contribution in [2.24, 2.45) is 7.05 Å².